The van der Waals surface area contributed by atoms with E-state index in [0.717, 1.165) is 17.2 Å². The van der Waals surface area contributed by atoms with E-state index in [2.05, 4.69) is 33.0 Å². The monoisotopic (exact) mass is 811 g/mol. The number of aliphatic hydroxyl groups excluding tert-OH is 4. The van der Waals surface area contributed by atoms with Crippen molar-refractivity contribution in [2.75, 3.05) is 18.9 Å². The van der Waals surface area contributed by atoms with E-state index in [-0.39, 0.29) is 29.0 Å². The van der Waals surface area contributed by atoms with E-state index in [1.54, 1.807) is 0 Å². The minimum atomic E-state index is -5.98. The first kappa shape index (κ1) is 40.7. The van der Waals surface area contributed by atoms with Crippen LogP contribution in [0.4, 0.5) is 5.82 Å². The van der Waals surface area contributed by atoms with Crippen molar-refractivity contribution in [3.05, 3.63) is 36.7 Å². The Morgan fingerprint density at radius 3 is 2.33 bits per heavy atom. The largest absolute Gasteiger partial charge is 0.481 e. The summed E-state index contributed by atoms with van der Waals surface area (Å²) in [7, 11) is -11.7. The standard InChI is InChI=1S/C25H31N7O20P2/c26-17-11-19(29-7-28-17)32(8-30-11)21-14(35)15(36)25(51-21,16(22(38)39)50-24(42)23(40)41)6-48-54(45,46)52-53(43,44)47-5-10-12(33)13(34)20(49-10)31-3-1-2-9(4-31)18(27)37/h1,3-4,7-8,10,12-16,20-21,33-36H,2,5-6H2,(H2,27,37)(H,38,39)(H,40,41)(H,43,44)(H,45,46)(H2,26,28,29)/t10-,12-,13-,14-,15+,16?,20-,21-,25-/m1/s1. The third-order valence-electron chi connectivity index (χ3n) is 8.11. The molecular formula is C25H31N7O20P2. The molecule has 3 unspecified atom stereocenters. The molecule has 2 saturated heterocycles. The molecular weight excluding hydrogens is 780 g/mol. The van der Waals surface area contributed by atoms with Crippen LogP contribution >= 0.6 is 15.6 Å². The number of aliphatic carboxylic acids is 2. The lowest BCUT2D eigenvalue weighted by atomic mass is 9.89. The fraction of sp³-hybridized carbons (Fsp3) is 0.480. The number of aliphatic hydroxyl groups is 4. The lowest BCUT2D eigenvalue weighted by Crippen LogP contribution is -2.60. The molecule has 0 saturated carbocycles. The van der Waals surface area contributed by atoms with Crippen molar-refractivity contribution in [2.45, 2.75) is 61.1 Å². The molecule has 54 heavy (non-hydrogen) atoms. The number of ether oxygens (including phenoxy) is 3. The third kappa shape index (κ3) is 8.13. The van der Waals surface area contributed by atoms with Gasteiger partial charge in [-0.15, -0.1) is 0 Å². The number of carboxylic acids is 2. The number of anilines is 1. The van der Waals surface area contributed by atoms with Gasteiger partial charge in [0.1, 0.15) is 42.4 Å². The topological polar surface area (TPSA) is 419 Å². The Morgan fingerprint density at radius 1 is 1.00 bits per heavy atom. The van der Waals surface area contributed by atoms with E-state index in [1.807, 2.05) is 0 Å². The number of rotatable bonds is 14. The summed E-state index contributed by atoms with van der Waals surface area (Å²) in [5.41, 5.74) is 7.68. The first-order valence-corrected chi connectivity index (χ1v) is 17.9. The number of nitrogens with two attached hydrogens (primary N) is 2. The van der Waals surface area contributed by atoms with Gasteiger partial charge in [0.15, 0.2) is 29.5 Å². The normalized spacial score (nSPS) is 31.0. The minimum absolute atomic E-state index is 0.0754. The van der Waals surface area contributed by atoms with Gasteiger partial charge >= 0.3 is 33.6 Å². The molecule has 27 nitrogen and oxygen atoms in total. The van der Waals surface area contributed by atoms with Gasteiger partial charge in [0, 0.05) is 18.0 Å². The number of imidazole rings is 1. The van der Waals surface area contributed by atoms with Gasteiger partial charge in [0.2, 0.25) is 12.0 Å². The van der Waals surface area contributed by atoms with Gasteiger partial charge in [0.25, 0.3) is 0 Å². The molecule has 3 aliphatic heterocycles. The maximum Gasteiger partial charge on any atom is 0.481 e. The molecule has 0 aliphatic carbocycles. The Bertz CT molecular complexity index is 1980. The maximum atomic E-state index is 12.9. The summed E-state index contributed by atoms with van der Waals surface area (Å²) >= 11 is 0. The summed E-state index contributed by atoms with van der Waals surface area (Å²) in [5, 5.41) is 62.0. The van der Waals surface area contributed by atoms with Crippen LogP contribution < -0.4 is 11.5 Å². The highest BCUT2D eigenvalue weighted by Gasteiger charge is 2.64. The number of hydrogen-bond donors (Lipinski definition) is 10. The molecule has 2 aromatic rings. The van der Waals surface area contributed by atoms with Crippen LogP contribution in [-0.4, -0.2) is 150 Å². The van der Waals surface area contributed by atoms with Crippen molar-refractivity contribution in [3.63, 3.8) is 0 Å². The van der Waals surface area contributed by atoms with Gasteiger partial charge in [-0.05, 0) is 6.42 Å². The number of aromatic nitrogens is 4. The second-order valence-electron chi connectivity index (χ2n) is 11.6. The van der Waals surface area contributed by atoms with Crippen LogP contribution in [0.15, 0.2) is 36.7 Å². The van der Waals surface area contributed by atoms with Crippen LogP contribution in [0.5, 0.6) is 0 Å². The highest BCUT2D eigenvalue weighted by Crippen LogP contribution is 2.61. The second kappa shape index (κ2) is 15.3. The highest BCUT2D eigenvalue weighted by atomic mass is 31.3. The van der Waals surface area contributed by atoms with Crippen molar-refractivity contribution in [1.82, 2.24) is 24.4 Å². The molecule has 0 bridgehead atoms. The van der Waals surface area contributed by atoms with Crippen molar-refractivity contribution >= 4 is 56.4 Å². The molecule has 1 amide bonds. The number of primary amides is 1. The van der Waals surface area contributed by atoms with Crippen molar-refractivity contribution in [2.24, 2.45) is 5.73 Å². The molecule has 296 valence electrons. The average Bonchev–Trinajstić information content (AvgIpc) is 3.73. The van der Waals surface area contributed by atoms with Crippen LogP contribution in [-0.2, 0) is 55.9 Å². The molecule has 29 heteroatoms. The zero-order valence-electron chi connectivity index (χ0n) is 26.9. The van der Waals surface area contributed by atoms with Gasteiger partial charge in [-0.1, -0.05) is 6.08 Å². The number of carbonyl (C=O) groups is 4. The number of esters is 1. The van der Waals surface area contributed by atoms with E-state index >= 15 is 0 Å². The molecule has 2 aromatic heterocycles. The van der Waals surface area contributed by atoms with Crippen molar-refractivity contribution in [3.8, 4) is 0 Å². The lowest BCUT2D eigenvalue weighted by molar-refractivity contribution is -0.212. The summed E-state index contributed by atoms with van der Waals surface area (Å²) in [6.45, 7) is -2.85. The van der Waals surface area contributed by atoms with Crippen molar-refractivity contribution in [1.29, 1.82) is 0 Å². The molecule has 5 rings (SSSR count). The first-order chi connectivity index (χ1) is 25.2. The number of phosphoric acid groups is 2. The van der Waals surface area contributed by atoms with Crippen LogP contribution in [0.3, 0.4) is 0 Å². The van der Waals surface area contributed by atoms with Gasteiger partial charge in [-0.25, -0.2) is 38.5 Å². The lowest BCUT2D eigenvalue weighted by Gasteiger charge is -2.35. The second-order valence-corrected chi connectivity index (χ2v) is 14.6. The van der Waals surface area contributed by atoms with E-state index in [9.17, 15) is 63.6 Å². The smallest absolute Gasteiger partial charge is 0.478 e. The zero-order chi connectivity index (χ0) is 39.9. The van der Waals surface area contributed by atoms with E-state index in [0.29, 0.717) is 0 Å². The van der Waals surface area contributed by atoms with Crippen molar-refractivity contribution < 1.29 is 96.3 Å². The van der Waals surface area contributed by atoms with Gasteiger partial charge in [-0.3, -0.25) is 18.4 Å². The predicted octanol–water partition coefficient (Wildman–Crippen LogP) is -4.24. The Kier molecular flexibility index (Phi) is 11.6. The molecule has 11 atom stereocenters. The minimum Gasteiger partial charge on any atom is -0.478 e. The summed E-state index contributed by atoms with van der Waals surface area (Å²) in [6.07, 6.45) is -10.1. The van der Waals surface area contributed by atoms with E-state index < -0.39 is 107 Å². The van der Waals surface area contributed by atoms with Crippen LogP contribution in [0.25, 0.3) is 11.2 Å². The summed E-state index contributed by atoms with van der Waals surface area (Å²) in [4.78, 5) is 80.4. The third-order valence-corrected chi connectivity index (χ3v) is 10.7. The molecule has 12 N–H and O–H groups in total. The Morgan fingerprint density at radius 2 is 1.69 bits per heavy atom. The van der Waals surface area contributed by atoms with Gasteiger partial charge < -0.3 is 71.0 Å². The highest BCUT2D eigenvalue weighted by molar-refractivity contribution is 7.61. The molecule has 3 aliphatic rings. The van der Waals surface area contributed by atoms with Crippen LogP contribution in [0.1, 0.15) is 12.6 Å². The van der Waals surface area contributed by atoms with Crippen LogP contribution in [0.2, 0.25) is 0 Å². The van der Waals surface area contributed by atoms with Gasteiger partial charge in [-0.2, -0.15) is 4.31 Å². The number of nitrogen functional groups attached to an aromatic ring is 1. The number of phosphoric ester groups is 2. The Hall–Kier alpha value is -4.47. The van der Waals surface area contributed by atoms with Crippen LogP contribution in [0, 0.1) is 0 Å². The quantitative estimate of drug-likeness (QED) is 0.0491. The summed E-state index contributed by atoms with van der Waals surface area (Å²) in [6, 6.07) is 0. The molecule has 5 heterocycles. The van der Waals surface area contributed by atoms with E-state index in [1.165, 1.54) is 23.4 Å². The number of hydrogen-bond acceptors (Lipinski definition) is 21. The molecule has 0 spiro atoms. The van der Waals surface area contributed by atoms with Gasteiger partial charge in [0.05, 0.1) is 19.5 Å². The molecule has 0 aromatic carbocycles. The number of carboxylic acid groups (broad SMARTS) is 2. The fourth-order valence-corrected chi connectivity index (χ4v) is 7.68. The number of nitrogens with zero attached hydrogens (tertiary/aromatic N) is 5. The first-order valence-electron chi connectivity index (χ1n) is 14.9. The molecule has 2 fully saturated rings. The zero-order valence-corrected chi connectivity index (χ0v) is 28.7. The Labute approximate surface area is 299 Å². The number of allylic oxidation sites excluding steroid dienone is 1. The SMILES string of the molecule is NC(=O)C1=CN([C@@H]2O[C@H](COP(=O)(O)OP(=O)(O)OC[C@@]3(C(OC(=O)C(=O)O)C(=O)O)O[C@@H](n4cnc5c(N)ncnc54)[C@H](O)[C@@H]3O)[C@@H](O)[C@H]2O)C=CC1. The number of fused-ring (bicyclic) bond motifs is 1. The van der Waals surface area contributed by atoms with E-state index in [4.69, 9.17) is 26.0 Å². The maximum absolute atomic E-state index is 12.9. The average molecular weight is 812 g/mol. The molecule has 0 radical (unpaired) electrons. The number of amides is 1. The fourth-order valence-electron chi connectivity index (χ4n) is 5.56. The summed E-state index contributed by atoms with van der Waals surface area (Å²) in [5.74, 6) is -7.77. The summed E-state index contributed by atoms with van der Waals surface area (Å²) < 4.78 is 55.7. The predicted molar refractivity (Wildman–Crippen MR) is 166 cm³/mol. The number of carbonyl (C=O) groups excluding carboxylic acids is 2. The Balaban J connectivity index is 1.33.